The van der Waals surface area contributed by atoms with Crippen molar-refractivity contribution in [2.45, 2.75) is 25.7 Å². The van der Waals surface area contributed by atoms with Gasteiger partial charge in [-0.2, -0.15) is 4.57 Å². The second kappa shape index (κ2) is 6.17. The lowest BCUT2D eigenvalue weighted by molar-refractivity contribution is -0.573. The van der Waals surface area contributed by atoms with Crippen molar-refractivity contribution >= 4 is 0 Å². The maximum atomic E-state index is 2.54. The van der Waals surface area contributed by atoms with Crippen LogP contribution in [0.15, 0.2) is 84.9 Å². The number of fused-ring (bicyclic) bond motifs is 6. The maximum absolute atomic E-state index is 2.54. The van der Waals surface area contributed by atoms with E-state index in [1.165, 1.54) is 50.5 Å². The normalized spacial score (nSPS) is 13.9. The molecule has 0 spiro atoms. The minimum Gasteiger partial charge on any atom is -0.152 e. The molecule has 0 fully saturated rings. The van der Waals surface area contributed by atoms with Crippen molar-refractivity contribution in [3.05, 3.63) is 107 Å². The minimum absolute atomic E-state index is 1.12. The van der Waals surface area contributed by atoms with Crippen LogP contribution in [0.3, 0.4) is 0 Å². The van der Waals surface area contributed by atoms with Gasteiger partial charge in [0.15, 0.2) is 0 Å². The Balaban J connectivity index is 1.77. The lowest BCUT2D eigenvalue weighted by Gasteiger charge is -2.24. The van der Waals surface area contributed by atoms with Gasteiger partial charge < -0.3 is 0 Å². The third-order valence-electron chi connectivity index (χ3n) is 6.29. The van der Waals surface area contributed by atoms with E-state index in [2.05, 4.69) is 89.5 Å². The van der Waals surface area contributed by atoms with Crippen LogP contribution in [0, 0.1) is 0 Å². The molecule has 1 heteroatoms. The summed E-state index contributed by atoms with van der Waals surface area (Å²) < 4.78 is 2.54. The number of nitrogens with zero attached hydrogens (tertiary/aromatic N) is 1. The van der Waals surface area contributed by atoms with Gasteiger partial charge in [0.1, 0.15) is 0 Å². The van der Waals surface area contributed by atoms with E-state index in [-0.39, 0.29) is 0 Å². The van der Waals surface area contributed by atoms with Gasteiger partial charge in [-0.3, -0.25) is 0 Å². The number of para-hydroxylation sites is 1. The Morgan fingerprint density at radius 2 is 0.929 bits per heavy atom. The van der Waals surface area contributed by atoms with Crippen LogP contribution in [-0.2, 0) is 25.7 Å². The molecule has 2 aliphatic rings. The highest BCUT2D eigenvalue weighted by atomic mass is 15.0. The molecular formula is C27H22N+. The first-order valence-corrected chi connectivity index (χ1v) is 10.2. The van der Waals surface area contributed by atoms with Crippen molar-refractivity contribution in [2.75, 3.05) is 0 Å². The van der Waals surface area contributed by atoms with E-state index >= 15 is 0 Å². The van der Waals surface area contributed by atoms with Crippen LogP contribution in [0.5, 0.6) is 0 Å². The van der Waals surface area contributed by atoms with Crippen molar-refractivity contribution in [3.63, 3.8) is 0 Å². The molecule has 1 aromatic heterocycles. The minimum atomic E-state index is 1.12. The monoisotopic (exact) mass is 360 g/mol. The van der Waals surface area contributed by atoms with Crippen LogP contribution in [-0.4, -0.2) is 0 Å². The lowest BCUT2D eigenvalue weighted by Crippen LogP contribution is -2.40. The number of rotatable bonds is 1. The summed E-state index contributed by atoms with van der Waals surface area (Å²) in [7, 11) is 0. The molecule has 0 bridgehead atoms. The first-order valence-electron chi connectivity index (χ1n) is 10.2. The van der Waals surface area contributed by atoms with Crippen LogP contribution < -0.4 is 4.57 Å². The number of hydrogen-bond donors (Lipinski definition) is 0. The molecule has 0 amide bonds. The van der Waals surface area contributed by atoms with E-state index in [0.717, 1.165) is 25.7 Å². The summed E-state index contributed by atoms with van der Waals surface area (Å²) in [5.74, 6) is 0. The fourth-order valence-corrected chi connectivity index (χ4v) is 5.03. The van der Waals surface area contributed by atoms with Crippen molar-refractivity contribution < 1.29 is 4.57 Å². The number of benzene rings is 3. The molecule has 28 heavy (non-hydrogen) atoms. The quantitative estimate of drug-likeness (QED) is 0.395. The van der Waals surface area contributed by atoms with Gasteiger partial charge in [-0.1, -0.05) is 54.6 Å². The third kappa shape index (κ3) is 2.29. The SMILES string of the molecule is c1ccc(-[n+]2c3c(cc4c2-c2ccccc2CC4)CCc2ccccc2-3)cc1. The Bertz CT molecular complexity index is 1130. The molecule has 0 radical (unpaired) electrons. The topological polar surface area (TPSA) is 3.88 Å². The van der Waals surface area contributed by atoms with Gasteiger partial charge in [-0.05, 0) is 55.0 Å². The van der Waals surface area contributed by atoms with Gasteiger partial charge in [0, 0.05) is 23.3 Å². The number of aromatic nitrogens is 1. The molecule has 4 aromatic rings. The zero-order valence-corrected chi connectivity index (χ0v) is 15.9. The number of pyridine rings is 1. The molecule has 0 aliphatic heterocycles. The zero-order chi connectivity index (χ0) is 18.5. The summed E-state index contributed by atoms with van der Waals surface area (Å²) in [4.78, 5) is 0. The number of hydrogen-bond acceptors (Lipinski definition) is 0. The van der Waals surface area contributed by atoms with Crippen LogP contribution in [0.1, 0.15) is 22.3 Å². The highest BCUT2D eigenvalue weighted by molar-refractivity contribution is 5.74. The molecule has 134 valence electrons. The molecule has 1 nitrogen and oxygen atoms in total. The summed E-state index contributed by atoms with van der Waals surface area (Å²) in [6, 6.07) is 31.3. The standard InChI is InChI=1S/C27H22N/c1-2-10-23(11-3-1)28-26-21(16-14-19-8-4-6-12-24(19)26)18-22-17-15-20-9-5-7-13-25(20)27(22)28/h1-13,18H,14-17H2/q+1. The fourth-order valence-electron chi connectivity index (χ4n) is 5.03. The first kappa shape index (κ1) is 15.8. The molecule has 0 unspecified atom stereocenters. The maximum Gasteiger partial charge on any atom is 0.222 e. The molecule has 2 aliphatic carbocycles. The average molecular weight is 360 g/mol. The second-order valence-corrected chi connectivity index (χ2v) is 7.88. The summed E-state index contributed by atoms with van der Waals surface area (Å²) >= 11 is 0. The van der Waals surface area contributed by atoms with Crippen molar-refractivity contribution in [1.82, 2.24) is 0 Å². The van der Waals surface area contributed by atoms with Crippen molar-refractivity contribution in [2.24, 2.45) is 0 Å². The molecule has 0 atom stereocenters. The van der Waals surface area contributed by atoms with Crippen molar-refractivity contribution in [1.29, 1.82) is 0 Å². The highest BCUT2D eigenvalue weighted by Gasteiger charge is 2.34. The van der Waals surface area contributed by atoms with Gasteiger partial charge >= 0.3 is 0 Å². The summed E-state index contributed by atoms with van der Waals surface area (Å²) in [6.07, 6.45) is 4.50. The van der Waals surface area contributed by atoms with E-state index in [1.807, 2.05) is 0 Å². The van der Waals surface area contributed by atoms with Gasteiger partial charge in [-0.25, -0.2) is 0 Å². The number of aryl methyl sites for hydroxylation is 4. The van der Waals surface area contributed by atoms with E-state index in [9.17, 15) is 0 Å². The molecular weight excluding hydrogens is 338 g/mol. The van der Waals surface area contributed by atoms with E-state index in [4.69, 9.17) is 0 Å². The van der Waals surface area contributed by atoms with Crippen LogP contribution >= 0.6 is 0 Å². The van der Waals surface area contributed by atoms with Crippen LogP contribution in [0.25, 0.3) is 28.2 Å². The molecule has 6 rings (SSSR count). The summed E-state index contributed by atoms with van der Waals surface area (Å²) in [5.41, 5.74) is 12.7. The smallest absolute Gasteiger partial charge is 0.152 e. The molecule has 0 N–H and O–H groups in total. The van der Waals surface area contributed by atoms with E-state index in [0.29, 0.717) is 0 Å². The molecule has 0 saturated heterocycles. The Morgan fingerprint density at radius 3 is 1.50 bits per heavy atom. The molecule has 3 aromatic carbocycles. The lowest BCUT2D eigenvalue weighted by atomic mass is 9.83. The predicted molar refractivity (Wildman–Crippen MR) is 114 cm³/mol. The van der Waals surface area contributed by atoms with Gasteiger partial charge in [0.2, 0.25) is 17.1 Å². The van der Waals surface area contributed by atoms with Crippen LogP contribution in [0.2, 0.25) is 0 Å². The predicted octanol–water partition coefficient (Wildman–Crippen LogP) is 5.49. The zero-order valence-electron chi connectivity index (χ0n) is 15.9. The fraction of sp³-hybridized carbons (Fsp3) is 0.148. The Morgan fingerprint density at radius 1 is 0.464 bits per heavy atom. The Kier molecular flexibility index (Phi) is 3.49. The molecule has 0 saturated carbocycles. The largest absolute Gasteiger partial charge is 0.222 e. The van der Waals surface area contributed by atoms with Gasteiger partial charge in [0.25, 0.3) is 0 Å². The molecule has 1 heterocycles. The highest BCUT2D eigenvalue weighted by Crippen LogP contribution is 2.38. The third-order valence-corrected chi connectivity index (χ3v) is 6.29. The Labute approximate surface area is 165 Å². The first-order chi connectivity index (χ1) is 13.9. The van der Waals surface area contributed by atoms with Crippen molar-refractivity contribution in [3.8, 4) is 28.2 Å². The Hall–Kier alpha value is -3.19. The van der Waals surface area contributed by atoms with E-state index in [1.54, 1.807) is 0 Å². The van der Waals surface area contributed by atoms with E-state index < -0.39 is 0 Å². The summed E-state index contributed by atoms with van der Waals surface area (Å²) in [6.45, 7) is 0. The van der Waals surface area contributed by atoms with Gasteiger partial charge in [0.05, 0.1) is 11.1 Å². The average Bonchev–Trinajstić information content (AvgIpc) is 2.78. The van der Waals surface area contributed by atoms with Crippen LogP contribution in [0.4, 0.5) is 0 Å². The summed E-state index contributed by atoms with van der Waals surface area (Å²) in [5, 5.41) is 0. The second-order valence-electron chi connectivity index (χ2n) is 7.88. The van der Waals surface area contributed by atoms with Gasteiger partial charge in [-0.15, -0.1) is 0 Å².